The van der Waals surface area contributed by atoms with Gasteiger partial charge in [0, 0.05) is 13.0 Å². The third-order valence-electron chi connectivity index (χ3n) is 3.11. The van der Waals surface area contributed by atoms with E-state index >= 15 is 0 Å². The van der Waals surface area contributed by atoms with Gasteiger partial charge in [0.25, 0.3) is 0 Å². The Morgan fingerprint density at radius 1 is 1.27 bits per heavy atom. The Hall–Kier alpha value is -1.06. The van der Waals surface area contributed by atoms with Gasteiger partial charge in [-0.25, -0.2) is 4.79 Å². The third-order valence-corrected chi connectivity index (χ3v) is 3.11. The minimum absolute atomic E-state index is 0.127. The zero-order valence-corrected chi connectivity index (χ0v) is 9.40. The maximum atomic E-state index is 11.5. The van der Waals surface area contributed by atoms with Gasteiger partial charge >= 0.3 is 5.97 Å². The van der Waals surface area contributed by atoms with Gasteiger partial charge in [0.15, 0.2) is 0 Å². The normalized spacial score (nSPS) is 19.6. The van der Waals surface area contributed by atoms with Crippen molar-refractivity contribution in [1.29, 1.82) is 0 Å². The summed E-state index contributed by atoms with van der Waals surface area (Å²) in [6.07, 6.45) is 5.28. The number of carbonyl (C=O) groups excluding carboxylic acids is 1. The van der Waals surface area contributed by atoms with Gasteiger partial charge in [0.05, 0.1) is 0 Å². The summed E-state index contributed by atoms with van der Waals surface area (Å²) in [5, 5.41) is 8.94. The summed E-state index contributed by atoms with van der Waals surface area (Å²) in [5.41, 5.74) is 0. The SMILES string of the molecule is CC(=O)N(C1CCCCC1)C(C)C(=O)O. The predicted octanol–water partition coefficient (Wildman–Crippen LogP) is 1.64. The van der Waals surface area contributed by atoms with Crippen LogP contribution in [0.5, 0.6) is 0 Å². The molecule has 0 spiro atoms. The summed E-state index contributed by atoms with van der Waals surface area (Å²) in [4.78, 5) is 23.9. The fourth-order valence-corrected chi connectivity index (χ4v) is 2.32. The smallest absolute Gasteiger partial charge is 0.326 e. The number of nitrogens with zero attached hydrogens (tertiary/aromatic N) is 1. The number of rotatable bonds is 3. The van der Waals surface area contributed by atoms with Crippen molar-refractivity contribution in [2.45, 2.75) is 58.0 Å². The minimum atomic E-state index is -0.921. The van der Waals surface area contributed by atoms with Crippen LogP contribution in [0, 0.1) is 0 Å². The van der Waals surface area contributed by atoms with E-state index in [2.05, 4.69) is 0 Å². The molecule has 0 aliphatic heterocycles. The largest absolute Gasteiger partial charge is 0.480 e. The van der Waals surface area contributed by atoms with E-state index in [-0.39, 0.29) is 11.9 Å². The van der Waals surface area contributed by atoms with E-state index in [0.717, 1.165) is 25.7 Å². The summed E-state index contributed by atoms with van der Waals surface area (Å²) in [5.74, 6) is -1.05. The zero-order valence-electron chi connectivity index (χ0n) is 9.40. The quantitative estimate of drug-likeness (QED) is 0.775. The van der Waals surface area contributed by atoms with Crippen LogP contribution < -0.4 is 0 Å². The van der Waals surface area contributed by atoms with E-state index in [4.69, 9.17) is 5.11 Å². The molecule has 86 valence electrons. The highest BCUT2D eigenvalue weighted by Gasteiger charge is 2.30. The number of hydrogen-bond acceptors (Lipinski definition) is 2. The molecule has 1 unspecified atom stereocenters. The first-order valence-electron chi connectivity index (χ1n) is 5.55. The monoisotopic (exact) mass is 213 g/mol. The summed E-state index contributed by atoms with van der Waals surface area (Å²) in [6.45, 7) is 3.03. The van der Waals surface area contributed by atoms with Crippen molar-refractivity contribution in [3.05, 3.63) is 0 Å². The molecule has 1 aliphatic carbocycles. The van der Waals surface area contributed by atoms with Gasteiger partial charge in [-0.15, -0.1) is 0 Å². The average Bonchev–Trinajstić information content (AvgIpc) is 2.18. The molecule has 1 N–H and O–H groups in total. The van der Waals surface area contributed by atoms with Crippen molar-refractivity contribution in [3.63, 3.8) is 0 Å². The molecule has 1 aliphatic rings. The Kier molecular flexibility index (Phi) is 4.12. The maximum Gasteiger partial charge on any atom is 0.326 e. The van der Waals surface area contributed by atoms with Gasteiger partial charge < -0.3 is 10.0 Å². The van der Waals surface area contributed by atoms with Crippen molar-refractivity contribution >= 4 is 11.9 Å². The van der Waals surface area contributed by atoms with Gasteiger partial charge in [-0.2, -0.15) is 0 Å². The Balaban J connectivity index is 2.71. The van der Waals surface area contributed by atoms with E-state index in [9.17, 15) is 9.59 Å². The topological polar surface area (TPSA) is 57.6 Å². The lowest BCUT2D eigenvalue weighted by atomic mass is 9.93. The van der Waals surface area contributed by atoms with E-state index < -0.39 is 12.0 Å². The molecular weight excluding hydrogens is 194 g/mol. The molecule has 1 atom stereocenters. The second-order valence-electron chi connectivity index (χ2n) is 4.23. The standard InChI is InChI=1S/C11H19NO3/c1-8(11(14)15)12(9(2)13)10-6-4-3-5-7-10/h8,10H,3-7H2,1-2H3,(H,14,15). The number of amides is 1. The van der Waals surface area contributed by atoms with E-state index in [1.807, 2.05) is 0 Å². The first-order valence-corrected chi connectivity index (χ1v) is 5.55. The lowest BCUT2D eigenvalue weighted by Crippen LogP contribution is -2.49. The molecule has 0 aromatic carbocycles. The van der Waals surface area contributed by atoms with Crippen LogP contribution in [0.25, 0.3) is 0 Å². The van der Waals surface area contributed by atoms with E-state index in [1.54, 1.807) is 6.92 Å². The maximum absolute atomic E-state index is 11.5. The Morgan fingerprint density at radius 2 is 1.80 bits per heavy atom. The van der Waals surface area contributed by atoms with Gasteiger partial charge in [-0.05, 0) is 19.8 Å². The molecule has 1 rings (SSSR count). The van der Waals surface area contributed by atoms with Gasteiger partial charge in [-0.3, -0.25) is 4.79 Å². The van der Waals surface area contributed by atoms with Crippen molar-refractivity contribution in [2.24, 2.45) is 0 Å². The van der Waals surface area contributed by atoms with Crippen molar-refractivity contribution in [3.8, 4) is 0 Å². The summed E-state index contributed by atoms with van der Waals surface area (Å²) >= 11 is 0. The van der Waals surface area contributed by atoms with Gasteiger partial charge in [0.2, 0.25) is 5.91 Å². The molecule has 0 bridgehead atoms. The highest BCUT2D eigenvalue weighted by molar-refractivity contribution is 5.82. The summed E-state index contributed by atoms with van der Waals surface area (Å²) < 4.78 is 0. The van der Waals surface area contributed by atoms with Crippen LogP contribution in [-0.2, 0) is 9.59 Å². The van der Waals surface area contributed by atoms with E-state index in [1.165, 1.54) is 18.2 Å². The number of hydrogen-bond donors (Lipinski definition) is 1. The number of carbonyl (C=O) groups is 2. The number of carboxylic acid groups (broad SMARTS) is 1. The lowest BCUT2D eigenvalue weighted by molar-refractivity contribution is -0.151. The highest BCUT2D eigenvalue weighted by Crippen LogP contribution is 2.24. The molecule has 4 nitrogen and oxygen atoms in total. The molecule has 0 aromatic heterocycles. The molecule has 15 heavy (non-hydrogen) atoms. The average molecular weight is 213 g/mol. The van der Waals surface area contributed by atoms with Gasteiger partial charge in [-0.1, -0.05) is 19.3 Å². The van der Waals surface area contributed by atoms with Crippen LogP contribution in [0.4, 0.5) is 0 Å². The molecule has 0 aromatic rings. The molecule has 0 heterocycles. The fraction of sp³-hybridized carbons (Fsp3) is 0.818. The predicted molar refractivity (Wildman–Crippen MR) is 56.5 cm³/mol. The summed E-state index contributed by atoms with van der Waals surface area (Å²) in [7, 11) is 0. The van der Waals surface area contributed by atoms with E-state index in [0.29, 0.717) is 0 Å². The second kappa shape index (κ2) is 5.14. The molecule has 1 amide bonds. The highest BCUT2D eigenvalue weighted by atomic mass is 16.4. The van der Waals surface area contributed by atoms with Crippen molar-refractivity contribution in [2.75, 3.05) is 0 Å². The molecule has 4 heteroatoms. The minimum Gasteiger partial charge on any atom is -0.480 e. The zero-order chi connectivity index (χ0) is 11.4. The van der Waals surface area contributed by atoms with Crippen LogP contribution in [0.1, 0.15) is 46.0 Å². The Bertz CT molecular complexity index is 246. The third kappa shape index (κ3) is 2.94. The number of carboxylic acids is 1. The van der Waals surface area contributed by atoms with Crippen LogP contribution in [0.15, 0.2) is 0 Å². The van der Waals surface area contributed by atoms with Crippen LogP contribution in [0.2, 0.25) is 0 Å². The summed E-state index contributed by atoms with van der Waals surface area (Å²) in [6, 6.07) is -0.576. The van der Waals surface area contributed by atoms with Crippen LogP contribution in [-0.4, -0.2) is 34.0 Å². The first kappa shape index (κ1) is 12.0. The Morgan fingerprint density at radius 3 is 2.20 bits per heavy atom. The molecule has 1 saturated carbocycles. The lowest BCUT2D eigenvalue weighted by Gasteiger charge is -2.36. The van der Waals surface area contributed by atoms with Crippen LogP contribution in [0.3, 0.4) is 0 Å². The fourth-order valence-electron chi connectivity index (χ4n) is 2.32. The van der Waals surface area contributed by atoms with Crippen molar-refractivity contribution in [1.82, 2.24) is 4.90 Å². The van der Waals surface area contributed by atoms with Crippen molar-refractivity contribution < 1.29 is 14.7 Å². The molecule has 1 fully saturated rings. The first-order chi connectivity index (χ1) is 7.04. The van der Waals surface area contributed by atoms with Gasteiger partial charge in [0.1, 0.15) is 6.04 Å². The molecule has 0 radical (unpaired) electrons. The Labute approximate surface area is 90.3 Å². The second-order valence-corrected chi connectivity index (χ2v) is 4.23. The van der Waals surface area contributed by atoms with Crippen LogP contribution >= 0.6 is 0 Å². The molecule has 0 saturated heterocycles. The molecular formula is C11H19NO3. The number of aliphatic carboxylic acids is 1.